The maximum atomic E-state index is 9.15. The van der Waals surface area contributed by atoms with Crippen LogP contribution in [0.25, 0.3) is 0 Å². The van der Waals surface area contributed by atoms with Crippen molar-refractivity contribution in [1.82, 2.24) is 4.13 Å². The third-order valence-corrected chi connectivity index (χ3v) is 1.95. The third-order valence-electron chi connectivity index (χ3n) is 1.02. The summed E-state index contributed by atoms with van der Waals surface area (Å²) in [6, 6.07) is 7.07. The van der Waals surface area contributed by atoms with Gasteiger partial charge >= 0.3 is 0 Å². The van der Waals surface area contributed by atoms with Crippen LogP contribution >= 0.6 is 24.8 Å². The molecule has 0 bridgehead atoms. The van der Waals surface area contributed by atoms with Gasteiger partial charge in [0.1, 0.15) is 5.75 Å². The molecule has 0 aliphatic heterocycles. The summed E-state index contributed by atoms with van der Waals surface area (Å²) in [4.78, 5) is 0.775. The van der Waals surface area contributed by atoms with Gasteiger partial charge in [-0.15, -0.1) is 0 Å². The van der Waals surface area contributed by atoms with Gasteiger partial charge in [0.15, 0.2) is 0 Å². The van der Waals surface area contributed by atoms with Crippen molar-refractivity contribution in [3.63, 3.8) is 0 Å². The fourth-order valence-corrected chi connectivity index (χ4v) is 1.31. The van der Waals surface area contributed by atoms with E-state index in [1.54, 1.807) is 12.1 Å². The second-order valence-electron chi connectivity index (χ2n) is 1.66. The van der Waals surface area contributed by atoms with Crippen LogP contribution in [0.1, 0.15) is 0 Å². The van der Waals surface area contributed by atoms with Gasteiger partial charge in [-0.05, 0) is 24.1 Å². The molecule has 0 unspecified atom stereocenters. The van der Waals surface area contributed by atoms with Crippen molar-refractivity contribution >= 4 is 24.8 Å². The first-order valence-electron chi connectivity index (χ1n) is 2.68. The molecule has 0 aliphatic rings. The molecule has 0 atom stereocenters. The Labute approximate surface area is 69.3 Å². The molecule has 2 nitrogen and oxygen atoms in total. The van der Waals surface area contributed by atoms with E-state index in [0.29, 0.717) is 0 Å². The zero-order chi connectivity index (χ0) is 7.40. The van der Waals surface area contributed by atoms with E-state index >= 15 is 0 Å². The number of thiol groups is 1. The lowest BCUT2D eigenvalue weighted by molar-refractivity contribution is 0.462. The lowest BCUT2D eigenvalue weighted by Crippen LogP contribution is -1.81. The molecule has 0 aliphatic carbocycles. The van der Waals surface area contributed by atoms with E-state index in [0.717, 1.165) is 4.90 Å². The van der Waals surface area contributed by atoms with Crippen molar-refractivity contribution in [1.29, 1.82) is 0 Å². The predicted molar refractivity (Wildman–Crippen MR) is 46.1 cm³/mol. The van der Waals surface area contributed by atoms with Crippen molar-refractivity contribution in [2.45, 2.75) is 4.90 Å². The molecular weight excluding hydrogens is 166 g/mol. The summed E-state index contributed by atoms with van der Waals surface area (Å²) in [5.41, 5.74) is 0. The van der Waals surface area contributed by atoms with Gasteiger partial charge in [-0.1, -0.05) is 24.9 Å². The monoisotopic (exact) mass is 173 g/mol. The number of phenolic OH excluding ortho intramolecular Hbond substituents is 1. The fraction of sp³-hybridized carbons (Fsp3) is 0. The Hall–Kier alpha value is -0.320. The molecule has 1 rings (SSSR count). The highest BCUT2D eigenvalue weighted by atomic mass is 32.2. The second-order valence-corrected chi connectivity index (χ2v) is 3.04. The molecule has 4 heteroatoms. The highest BCUT2D eigenvalue weighted by Gasteiger charge is 1.96. The van der Waals surface area contributed by atoms with Crippen molar-refractivity contribution in [3.05, 3.63) is 24.3 Å². The molecule has 0 radical (unpaired) electrons. The summed E-state index contributed by atoms with van der Waals surface area (Å²) in [6.45, 7) is 0. The lowest BCUT2D eigenvalue weighted by Gasteiger charge is -1.99. The van der Waals surface area contributed by atoms with Crippen molar-refractivity contribution in [2.75, 3.05) is 0 Å². The van der Waals surface area contributed by atoms with Gasteiger partial charge in [0, 0.05) is 0 Å². The molecule has 0 fully saturated rings. The molecule has 2 N–H and O–H groups in total. The van der Waals surface area contributed by atoms with Crippen LogP contribution < -0.4 is 4.13 Å². The Morgan fingerprint density at radius 2 is 2.10 bits per heavy atom. The van der Waals surface area contributed by atoms with E-state index in [1.165, 1.54) is 11.9 Å². The van der Waals surface area contributed by atoms with Crippen LogP contribution in [0.15, 0.2) is 29.2 Å². The number of phenols is 1. The first-order valence-corrected chi connectivity index (χ1v) is 3.95. The molecule has 0 saturated heterocycles. The van der Waals surface area contributed by atoms with E-state index in [-0.39, 0.29) is 5.75 Å². The number of rotatable bonds is 2. The summed E-state index contributed by atoms with van der Waals surface area (Å²) in [7, 11) is 0. The van der Waals surface area contributed by atoms with E-state index in [1.807, 2.05) is 12.1 Å². The molecule has 0 amide bonds. The van der Waals surface area contributed by atoms with Gasteiger partial charge in [0.05, 0.1) is 4.90 Å². The van der Waals surface area contributed by atoms with Crippen LogP contribution in [0.5, 0.6) is 5.75 Å². The van der Waals surface area contributed by atoms with E-state index < -0.39 is 0 Å². The zero-order valence-corrected chi connectivity index (χ0v) is 6.82. The number of hydrogen-bond acceptors (Lipinski definition) is 4. The number of nitrogens with one attached hydrogen (secondary N) is 1. The van der Waals surface area contributed by atoms with Crippen LogP contribution in [0.3, 0.4) is 0 Å². The first-order chi connectivity index (χ1) is 4.84. The van der Waals surface area contributed by atoms with E-state index in [9.17, 15) is 0 Å². The number of benzene rings is 1. The Balaban J connectivity index is 2.81. The summed E-state index contributed by atoms with van der Waals surface area (Å²) in [5.74, 6) is 0.272. The second kappa shape index (κ2) is 3.75. The molecule has 54 valence electrons. The smallest absolute Gasteiger partial charge is 0.130 e. The fourth-order valence-electron chi connectivity index (χ4n) is 0.593. The summed E-state index contributed by atoms with van der Waals surface area (Å²) in [6.07, 6.45) is 0. The largest absolute Gasteiger partial charge is 0.507 e. The molecule has 1 aromatic rings. The normalized spacial score (nSPS) is 9.70. The molecular formula is C6H7NOS2. The molecule has 10 heavy (non-hydrogen) atoms. The maximum absolute atomic E-state index is 9.15. The van der Waals surface area contributed by atoms with E-state index in [4.69, 9.17) is 5.11 Å². The van der Waals surface area contributed by atoms with Crippen molar-refractivity contribution < 1.29 is 5.11 Å². The lowest BCUT2D eigenvalue weighted by atomic mass is 10.3. The zero-order valence-electron chi connectivity index (χ0n) is 5.11. The Bertz CT molecular complexity index is 217. The molecule has 0 saturated carbocycles. The predicted octanol–water partition coefficient (Wildman–Crippen LogP) is 1.83. The Morgan fingerprint density at radius 1 is 1.40 bits per heavy atom. The third kappa shape index (κ3) is 1.83. The van der Waals surface area contributed by atoms with Crippen LogP contribution in [-0.2, 0) is 0 Å². The summed E-state index contributed by atoms with van der Waals surface area (Å²) >= 11 is 5.05. The molecule has 1 aromatic carbocycles. The minimum Gasteiger partial charge on any atom is -0.507 e. The van der Waals surface area contributed by atoms with Crippen LogP contribution in [-0.4, -0.2) is 5.11 Å². The maximum Gasteiger partial charge on any atom is 0.130 e. The number of para-hydroxylation sites is 1. The van der Waals surface area contributed by atoms with Crippen LogP contribution in [0.4, 0.5) is 0 Å². The molecule has 0 aromatic heterocycles. The topological polar surface area (TPSA) is 32.3 Å². The number of hydrogen-bond donors (Lipinski definition) is 3. The molecule has 0 spiro atoms. The SMILES string of the molecule is Oc1ccccc1SNS. The quantitative estimate of drug-likeness (QED) is 0.471. The summed E-state index contributed by atoms with van der Waals surface area (Å²) in [5, 5.41) is 9.15. The van der Waals surface area contributed by atoms with Crippen molar-refractivity contribution in [2.24, 2.45) is 0 Å². The van der Waals surface area contributed by atoms with Gasteiger partial charge in [0.25, 0.3) is 0 Å². The standard InChI is InChI=1S/C6H7NOS2/c8-5-3-1-2-4-6(5)10-7-9/h1-4,7-9H. The Morgan fingerprint density at radius 3 is 2.70 bits per heavy atom. The Kier molecular flexibility index (Phi) is 2.92. The minimum absolute atomic E-state index is 0.272. The average molecular weight is 173 g/mol. The average Bonchev–Trinajstić information content (AvgIpc) is 1.94. The van der Waals surface area contributed by atoms with Crippen LogP contribution in [0.2, 0.25) is 0 Å². The van der Waals surface area contributed by atoms with Crippen molar-refractivity contribution in [3.8, 4) is 5.75 Å². The van der Waals surface area contributed by atoms with Gasteiger partial charge in [0.2, 0.25) is 0 Å². The number of aromatic hydroxyl groups is 1. The van der Waals surface area contributed by atoms with E-state index in [2.05, 4.69) is 16.9 Å². The van der Waals surface area contributed by atoms with Gasteiger partial charge in [-0.3, -0.25) is 0 Å². The minimum atomic E-state index is 0.272. The van der Waals surface area contributed by atoms with Gasteiger partial charge in [-0.2, -0.15) is 0 Å². The first kappa shape index (κ1) is 7.78. The highest BCUT2D eigenvalue weighted by molar-refractivity contribution is 8.06. The summed E-state index contributed by atoms with van der Waals surface area (Å²) < 4.78 is 2.58. The molecule has 0 heterocycles. The van der Waals surface area contributed by atoms with Crippen LogP contribution in [0, 0.1) is 0 Å². The van der Waals surface area contributed by atoms with Gasteiger partial charge < -0.3 is 5.11 Å². The highest BCUT2D eigenvalue weighted by Crippen LogP contribution is 2.25. The van der Waals surface area contributed by atoms with Gasteiger partial charge in [-0.25, -0.2) is 4.13 Å².